The molecule has 2 aliphatic heterocycles. The van der Waals surface area contributed by atoms with Gasteiger partial charge in [-0.3, -0.25) is 4.79 Å². The molecule has 1 aromatic rings. The summed E-state index contributed by atoms with van der Waals surface area (Å²) in [6, 6.07) is -0.0209. The van der Waals surface area contributed by atoms with Gasteiger partial charge >= 0.3 is 0 Å². The molecule has 3 rings (SSSR count). The van der Waals surface area contributed by atoms with E-state index < -0.39 is 0 Å². The maximum Gasteiger partial charge on any atom is 0.249 e. The van der Waals surface area contributed by atoms with Gasteiger partial charge in [0.2, 0.25) is 11.8 Å². The van der Waals surface area contributed by atoms with Crippen molar-refractivity contribution in [1.82, 2.24) is 19.9 Å². The molecular formula is C17H28N4O2. The van der Waals surface area contributed by atoms with E-state index in [0.717, 1.165) is 38.8 Å². The second-order valence-corrected chi connectivity index (χ2v) is 6.78. The highest BCUT2D eigenvalue weighted by Crippen LogP contribution is 2.30. The first-order valence-electron chi connectivity index (χ1n) is 9.06. The van der Waals surface area contributed by atoms with Crippen molar-refractivity contribution >= 4 is 5.91 Å². The summed E-state index contributed by atoms with van der Waals surface area (Å²) in [4.78, 5) is 21.4. The van der Waals surface area contributed by atoms with Crippen molar-refractivity contribution in [3.8, 4) is 0 Å². The quantitative estimate of drug-likeness (QED) is 0.834. The van der Waals surface area contributed by atoms with Crippen LogP contribution in [0, 0.1) is 6.92 Å². The molecule has 0 radical (unpaired) electrons. The number of rotatable bonds is 5. The lowest BCUT2D eigenvalue weighted by molar-refractivity contribution is -0.135. The summed E-state index contributed by atoms with van der Waals surface area (Å²) in [5, 5.41) is 3.88. The molecular weight excluding hydrogens is 292 g/mol. The molecule has 2 fully saturated rings. The van der Waals surface area contributed by atoms with Crippen molar-refractivity contribution in [2.75, 3.05) is 26.2 Å². The first-order chi connectivity index (χ1) is 11.2. The van der Waals surface area contributed by atoms with Crippen LogP contribution in [0.1, 0.15) is 69.1 Å². The molecule has 0 bridgehead atoms. The van der Waals surface area contributed by atoms with Crippen LogP contribution in [0.15, 0.2) is 4.52 Å². The number of carbonyl (C=O) groups is 1. The van der Waals surface area contributed by atoms with Crippen LogP contribution in [0.2, 0.25) is 0 Å². The number of aryl methyl sites for hydroxylation is 1. The van der Waals surface area contributed by atoms with E-state index in [-0.39, 0.29) is 11.9 Å². The average molecular weight is 320 g/mol. The molecule has 6 nitrogen and oxygen atoms in total. The zero-order valence-electron chi connectivity index (χ0n) is 14.2. The molecule has 0 N–H and O–H groups in total. The number of piperidine rings is 2. The monoisotopic (exact) mass is 320 g/mol. The third-order valence-corrected chi connectivity index (χ3v) is 4.97. The van der Waals surface area contributed by atoms with Gasteiger partial charge in [0.25, 0.3) is 0 Å². The summed E-state index contributed by atoms with van der Waals surface area (Å²) in [6.45, 7) is 6.07. The zero-order chi connectivity index (χ0) is 16.1. The van der Waals surface area contributed by atoms with Crippen LogP contribution in [-0.2, 0) is 4.79 Å². The second kappa shape index (κ2) is 7.90. The molecule has 3 heterocycles. The van der Waals surface area contributed by atoms with Crippen LogP contribution in [0.3, 0.4) is 0 Å². The Labute approximate surface area is 138 Å². The largest absolute Gasteiger partial charge is 0.337 e. The summed E-state index contributed by atoms with van der Waals surface area (Å²) in [6.07, 6.45) is 8.65. The van der Waals surface area contributed by atoms with E-state index in [0.29, 0.717) is 18.1 Å². The molecule has 23 heavy (non-hydrogen) atoms. The SMILES string of the molecule is Cc1noc(C2CCCCN2C(=O)CCCN2CCCCC2)n1. The van der Waals surface area contributed by atoms with Crippen LogP contribution in [0.25, 0.3) is 0 Å². The molecule has 0 aliphatic carbocycles. The zero-order valence-corrected chi connectivity index (χ0v) is 14.2. The van der Waals surface area contributed by atoms with Gasteiger partial charge in [0.1, 0.15) is 6.04 Å². The first kappa shape index (κ1) is 16.4. The molecule has 128 valence electrons. The highest BCUT2D eigenvalue weighted by atomic mass is 16.5. The van der Waals surface area contributed by atoms with E-state index in [9.17, 15) is 4.79 Å². The lowest BCUT2D eigenvalue weighted by Gasteiger charge is -2.34. The maximum absolute atomic E-state index is 12.6. The number of amides is 1. The van der Waals surface area contributed by atoms with E-state index in [1.807, 2.05) is 11.8 Å². The van der Waals surface area contributed by atoms with Crippen LogP contribution < -0.4 is 0 Å². The molecule has 2 aliphatic rings. The van der Waals surface area contributed by atoms with Crippen molar-refractivity contribution in [1.29, 1.82) is 0 Å². The normalized spacial score (nSPS) is 23.2. The standard InChI is InChI=1S/C17H28N4O2/c1-14-18-17(23-19-14)15-8-3-6-13-21(15)16(22)9-7-12-20-10-4-2-5-11-20/h15H,2-13H2,1H3. The molecule has 1 aromatic heterocycles. The maximum atomic E-state index is 12.6. The smallest absolute Gasteiger partial charge is 0.249 e. The third kappa shape index (κ3) is 4.31. The minimum Gasteiger partial charge on any atom is -0.337 e. The molecule has 1 amide bonds. The Morgan fingerprint density at radius 1 is 1.17 bits per heavy atom. The fourth-order valence-corrected chi connectivity index (χ4v) is 3.72. The molecule has 1 atom stereocenters. The summed E-state index contributed by atoms with van der Waals surface area (Å²) in [5.74, 6) is 1.48. The highest BCUT2D eigenvalue weighted by Gasteiger charge is 2.31. The summed E-state index contributed by atoms with van der Waals surface area (Å²) >= 11 is 0. The highest BCUT2D eigenvalue weighted by molar-refractivity contribution is 5.76. The number of carbonyl (C=O) groups excluding carboxylic acids is 1. The van der Waals surface area contributed by atoms with Crippen LogP contribution in [0.5, 0.6) is 0 Å². The summed E-state index contributed by atoms with van der Waals surface area (Å²) < 4.78 is 5.32. The van der Waals surface area contributed by atoms with Gasteiger partial charge in [-0.1, -0.05) is 11.6 Å². The molecule has 6 heteroatoms. The minimum atomic E-state index is -0.0209. The fraction of sp³-hybridized carbons (Fsp3) is 0.824. The first-order valence-corrected chi connectivity index (χ1v) is 9.06. The van der Waals surface area contributed by atoms with Crippen molar-refractivity contribution in [3.05, 3.63) is 11.7 Å². The van der Waals surface area contributed by atoms with E-state index >= 15 is 0 Å². The Morgan fingerprint density at radius 2 is 1.96 bits per heavy atom. The van der Waals surface area contributed by atoms with Gasteiger partial charge in [-0.2, -0.15) is 4.98 Å². The minimum absolute atomic E-state index is 0.0209. The lowest BCUT2D eigenvalue weighted by Crippen LogP contribution is -2.39. The van der Waals surface area contributed by atoms with Crippen LogP contribution in [0.4, 0.5) is 0 Å². The van der Waals surface area contributed by atoms with E-state index in [2.05, 4.69) is 15.0 Å². The van der Waals surface area contributed by atoms with Crippen molar-refractivity contribution < 1.29 is 9.32 Å². The molecule has 0 aromatic carbocycles. The van der Waals surface area contributed by atoms with Gasteiger partial charge in [-0.25, -0.2) is 0 Å². The van der Waals surface area contributed by atoms with E-state index in [1.165, 1.54) is 32.4 Å². The number of hydrogen-bond acceptors (Lipinski definition) is 5. The number of hydrogen-bond donors (Lipinski definition) is 0. The topological polar surface area (TPSA) is 62.5 Å². The second-order valence-electron chi connectivity index (χ2n) is 6.78. The molecule has 1 unspecified atom stereocenters. The van der Waals surface area contributed by atoms with Crippen LogP contribution in [-0.4, -0.2) is 52.0 Å². The fourth-order valence-electron chi connectivity index (χ4n) is 3.72. The van der Waals surface area contributed by atoms with E-state index in [1.54, 1.807) is 0 Å². The lowest BCUT2D eigenvalue weighted by atomic mass is 10.0. The van der Waals surface area contributed by atoms with Crippen LogP contribution >= 0.6 is 0 Å². The van der Waals surface area contributed by atoms with E-state index in [4.69, 9.17) is 4.52 Å². The summed E-state index contributed by atoms with van der Waals surface area (Å²) in [5.41, 5.74) is 0. The Balaban J connectivity index is 1.51. The summed E-state index contributed by atoms with van der Waals surface area (Å²) in [7, 11) is 0. The average Bonchev–Trinajstić information content (AvgIpc) is 3.02. The number of likely N-dealkylation sites (tertiary alicyclic amines) is 2. The van der Waals surface area contributed by atoms with Gasteiger partial charge in [-0.05, 0) is 65.1 Å². The number of nitrogens with zero attached hydrogens (tertiary/aromatic N) is 4. The van der Waals surface area contributed by atoms with Gasteiger partial charge in [0.05, 0.1) is 0 Å². The van der Waals surface area contributed by atoms with Gasteiger partial charge in [-0.15, -0.1) is 0 Å². The Kier molecular flexibility index (Phi) is 5.65. The van der Waals surface area contributed by atoms with Gasteiger partial charge in [0, 0.05) is 13.0 Å². The van der Waals surface area contributed by atoms with Crippen molar-refractivity contribution in [3.63, 3.8) is 0 Å². The number of aromatic nitrogens is 2. The predicted molar refractivity (Wildman–Crippen MR) is 86.9 cm³/mol. The predicted octanol–water partition coefficient (Wildman–Crippen LogP) is 2.70. The van der Waals surface area contributed by atoms with Gasteiger partial charge in [0.15, 0.2) is 5.82 Å². The molecule has 0 saturated carbocycles. The molecule has 2 saturated heterocycles. The Morgan fingerprint density at radius 3 is 2.70 bits per heavy atom. The Hall–Kier alpha value is -1.43. The van der Waals surface area contributed by atoms with Crippen molar-refractivity contribution in [2.45, 2.75) is 64.3 Å². The third-order valence-electron chi connectivity index (χ3n) is 4.97. The van der Waals surface area contributed by atoms with Crippen molar-refractivity contribution in [2.24, 2.45) is 0 Å². The molecule has 0 spiro atoms. The van der Waals surface area contributed by atoms with Gasteiger partial charge < -0.3 is 14.3 Å². The Bertz CT molecular complexity index is 510.